The molecular formula is C27H29ClF2N3NaO5. The number of carbonyl (C=O) groups is 2. The summed E-state index contributed by atoms with van der Waals surface area (Å²) in [5.74, 6) is -2.71. The summed E-state index contributed by atoms with van der Waals surface area (Å²) < 4.78 is 28.8. The minimum absolute atomic E-state index is 0. The van der Waals surface area contributed by atoms with Crippen LogP contribution in [-0.2, 0) is 17.9 Å². The Labute approximate surface area is 252 Å². The Hall–Kier alpha value is -2.34. The third-order valence-corrected chi connectivity index (χ3v) is 6.23. The number of aliphatic hydroxyl groups is 2. The number of aromatic nitrogens is 2. The largest absolute Gasteiger partial charge is 1.00 e. The predicted molar refractivity (Wildman–Crippen MR) is 135 cm³/mol. The van der Waals surface area contributed by atoms with Crippen LogP contribution in [0.1, 0.15) is 60.8 Å². The Morgan fingerprint density at radius 1 is 1.10 bits per heavy atom. The summed E-state index contributed by atoms with van der Waals surface area (Å²) >= 11 is 5.83. The summed E-state index contributed by atoms with van der Waals surface area (Å²) in [6, 6.07) is 9.73. The molecule has 0 unspecified atom stereocenters. The Kier molecular flexibility index (Phi) is 12.5. The average Bonchev–Trinajstić information content (AvgIpc) is 3.23. The van der Waals surface area contributed by atoms with Crippen molar-refractivity contribution < 1.29 is 63.2 Å². The van der Waals surface area contributed by atoms with Crippen molar-refractivity contribution in [2.75, 3.05) is 0 Å². The minimum atomic E-state index is -1.42. The average molecular weight is 572 g/mol. The topological polar surface area (TPSA) is 128 Å². The fourth-order valence-corrected chi connectivity index (χ4v) is 4.37. The summed E-state index contributed by atoms with van der Waals surface area (Å²) in [6.45, 7) is 4.01. The maximum absolute atomic E-state index is 13.6. The molecule has 204 valence electrons. The molecule has 0 aliphatic heterocycles. The van der Waals surface area contributed by atoms with Crippen LogP contribution in [0.15, 0.2) is 42.5 Å². The van der Waals surface area contributed by atoms with E-state index in [1.165, 1.54) is 42.5 Å². The van der Waals surface area contributed by atoms with Gasteiger partial charge in [0.2, 0.25) is 0 Å². The van der Waals surface area contributed by atoms with E-state index in [2.05, 4.69) is 10.3 Å². The van der Waals surface area contributed by atoms with Gasteiger partial charge in [0, 0.05) is 31.0 Å². The van der Waals surface area contributed by atoms with Gasteiger partial charge < -0.3 is 30.0 Å². The maximum atomic E-state index is 13.6. The van der Waals surface area contributed by atoms with Crippen molar-refractivity contribution in [3.8, 4) is 11.4 Å². The van der Waals surface area contributed by atoms with Crippen LogP contribution in [0, 0.1) is 11.6 Å². The van der Waals surface area contributed by atoms with Crippen molar-refractivity contribution in [2.24, 2.45) is 0 Å². The van der Waals surface area contributed by atoms with Gasteiger partial charge in [-0.1, -0.05) is 31.5 Å². The normalized spacial score (nSPS) is 12.6. The SMILES string of the molecule is CC(C)c1c(C(=O)NCc2ccc(F)c(Cl)c2)nc(-c2ccc(F)cc2)n1CC[C@@H](O)C[C@@H](O)CC(=O)[O-].[Na+]. The maximum Gasteiger partial charge on any atom is 1.00 e. The zero-order chi connectivity index (χ0) is 28.0. The molecule has 8 nitrogen and oxygen atoms in total. The number of nitrogens with zero attached hydrogens (tertiary/aromatic N) is 2. The zero-order valence-electron chi connectivity index (χ0n) is 22.0. The van der Waals surface area contributed by atoms with Crippen molar-refractivity contribution in [1.82, 2.24) is 14.9 Å². The predicted octanol–water partition coefficient (Wildman–Crippen LogP) is 0.181. The first kappa shape index (κ1) is 32.9. The van der Waals surface area contributed by atoms with Crippen LogP contribution in [0.3, 0.4) is 0 Å². The first-order valence-corrected chi connectivity index (χ1v) is 12.5. The van der Waals surface area contributed by atoms with Crippen LogP contribution < -0.4 is 40.0 Å². The Morgan fingerprint density at radius 2 is 1.77 bits per heavy atom. The van der Waals surface area contributed by atoms with Gasteiger partial charge in [-0.2, -0.15) is 0 Å². The molecule has 1 aromatic heterocycles. The van der Waals surface area contributed by atoms with Crippen molar-refractivity contribution in [1.29, 1.82) is 0 Å². The molecule has 0 spiro atoms. The number of aliphatic carboxylic acids is 1. The number of hydrogen-bond donors (Lipinski definition) is 3. The third kappa shape index (κ3) is 9.09. The van der Waals surface area contributed by atoms with E-state index in [-0.39, 0.29) is 72.1 Å². The quantitative estimate of drug-likeness (QED) is 0.266. The fourth-order valence-electron chi connectivity index (χ4n) is 4.16. The standard InChI is InChI=1S/C27H30ClF2N3O5.Na/c1-15(2)25-24(27(38)31-14-16-3-8-22(30)21(28)11-16)32-26(17-4-6-18(29)7-5-17)33(25)10-9-19(34)12-20(35)13-23(36)37;/h3-8,11,15,19-20,34-35H,9-10,12-14H2,1-2H3,(H,31,38)(H,36,37);/q;+1/p-1/t19-,20-;/m1./s1. The number of hydrogen-bond acceptors (Lipinski definition) is 6. The van der Waals surface area contributed by atoms with E-state index in [1.54, 1.807) is 4.57 Å². The molecule has 0 fully saturated rings. The molecule has 39 heavy (non-hydrogen) atoms. The summed E-state index contributed by atoms with van der Waals surface area (Å²) in [6.07, 6.45) is -2.93. The van der Waals surface area contributed by atoms with Crippen molar-refractivity contribution in [3.05, 3.63) is 76.1 Å². The molecule has 0 saturated heterocycles. The van der Waals surface area contributed by atoms with Gasteiger partial charge in [0.05, 0.1) is 22.9 Å². The molecule has 3 N–H and O–H groups in total. The molecule has 2 atom stereocenters. The van der Waals surface area contributed by atoms with E-state index in [9.17, 15) is 33.7 Å². The zero-order valence-corrected chi connectivity index (χ0v) is 24.7. The van der Waals surface area contributed by atoms with Crippen LogP contribution in [0.4, 0.5) is 8.78 Å². The van der Waals surface area contributed by atoms with Crippen LogP contribution >= 0.6 is 11.6 Å². The number of imidazole rings is 1. The van der Waals surface area contributed by atoms with Crippen molar-refractivity contribution in [3.63, 3.8) is 0 Å². The molecule has 1 amide bonds. The first-order chi connectivity index (χ1) is 18.0. The molecule has 0 saturated carbocycles. The van der Waals surface area contributed by atoms with Crippen LogP contribution in [0.2, 0.25) is 5.02 Å². The second-order valence-corrected chi connectivity index (χ2v) is 9.73. The molecule has 0 radical (unpaired) electrons. The van der Waals surface area contributed by atoms with Gasteiger partial charge in [0.25, 0.3) is 5.91 Å². The van der Waals surface area contributed by atoms with Gasteiger partial charge in [0.1, 0.15) is 23.2 Å². The van der Waals surface area contributed by atoms with Crippen LogP contribution in [-0.4, -0.2) is 43.8 Å². The molecule has 3 rings (SSSR count). The number of benzene rings is 2. The summed E-state index contributed by atoms with van der Waals surface area (Å²) in [5.41, 5.74) is 1.84. The molecule has 0 bridgehead atoms. The van der Waals surface area contributed by atoms with E-state index in [0.717, 1.165) is 0 Å². The number of amides is 1. The monoisotopic (exact) mass is 571 g/mol. The Morgan fingerprint density at radius 3 is 2.36 bits per heavy atom. The number of rotatable bonds is 12. The first-order valence-electron chi connectivity index (χ1n) is 12.1. The number of carboxylic acid groups (broad SMARTS) is 1. The minimum Gasteiger partial charge on any atom is -0.550 e. The number of aliphatic hydroxyl groups excluding tert-OH is 2. The Bertz CT molecular complexity index is 1290. The fraction of sp³-hybridized carbons (Fsp3) is 0.370. The smallest absolute Gasteiger partial charge is 0.550 e. The van der Waals surface area contributed by atoms with Gasteiger partial charge in [0.15, 0.2) is 0 Å². The second-order valence-electron chi connectivity index (χ2n) is 9.32. The third-order valence-electron chi connectivity index (χ3n) is 5.94. The molecule has 1 heterocycles. The number of carboxylic acids is 1. The van der Waals surface area contributed by atoms with Gasteiger partial charge in [-0.25, -0.2) is 13.8 Å². The van der Waals surface area contributed by atoms with Gasteiger partial charge in [-0.15, -0.1) is 0 Å². The van der Waals surface area contributed by atoms with E-state index in [0.29, 0.717) is 22.6 Å². The number of carbonyl (C=O) groups excluding carboxylic acids is 2. The van der Waals surface area contributed by atoms with Gasteiger partial charge in [-0.05, 0) is 60.7 Å². The van der Waals surface area contributed by atoms with E-state index in [4.69, 9.17) is 11.6 Å². The summed E-state index contributed by atoms with van der Waals surface area (Å²) in [5, 5.41) is 33.7. The van der Waals surface area contributed by atoms with E-state index < -0.39 is 42.1 Å². The van der Waals surface area contributed by atoms with Crippen LogP contribution in [0.5, 0.6) is 0 Å². The van der Waals surface area contributed by atoms with Crippen LogP contribution in [0.25, 0.3) is 11.4 Å². The van der Waals surface area contributed by atoms with Gasteiger partial charge >= 0.3 is 29.6 Å². The summed E-state index contributed by atoms with van der Waals surface area (Å²) in [4.78, 5) is 28.5. The number of halogens is 3. The van der Waals surface area contributed by atoms with Crippen molar-refractivity contribution >= 4 is 23.5 Å². The molecular weight excluding hydrogens is 543 g/mol. The summed E-state index contributed by atoms with van der Waals surface area (Å²) in [7, 11) is 0. The number of nitrogens with one attached hydrogen (secondary N) is 1. The van der Waals surface area contributed by atoms with E-state index in [1.807, 2.05) is 13.8 Å². The van der Waals surface area contributed by atoms with Gasteiger partial charge in [-0.3, -0.25) is 4.79 Å². The van der Waals surface area contributed by atoms with Crippen molar-refractivity contribution in [2.45, 2.75) is 64.3 Å². The molecule has 2 aromatic carbocycles. The Balaban J connectivity index is 0.00000533. The second kappa shape index (κ2) is 14.9. The molecule has 0 aliphatic rings. The molecule has 3 aromatic rings. The van der Waals surface area contributed by atoms with E-state index >= 15 is 0 Å². The molecule has 0 aliphatic carbocycles. The molecule has 12 heteroatoms.